The zero-order chi connectivity index (χ0) is 28.3. The SMILES string of the molecule is CNC(=O)c1cc(Nc2nnc(-c3ccc(C)c(S(=O)(=O)NCC4CCCO4)c3)c3ccccc23)ccc1OC. The number of aryl methyl sites for hydroxylation is 1. The van der Waals surface area contributed by atoms with Crippen molar-refractivity contribution < 1.29 is 22.7 Å². The van der Waals surface area contributed by atoms with Crippen LogP contribution in [-0.2, 0) is 14.8 Å². The number of carbonyl (C=O) groups excluding carboxylic acids is 1. The van der Waals surface area contributed by atoms with Crippen LogP contribution in [0.1, 0.15) is 28.8 Å². The lowest BCUT2D eigenvalue weighted by Crippen LogP contribution is -2.32. The first-order valence-corrected chi connectivity index (χ1v) is 14.4. The lowest BCUT2D eigenvalue weighted by molar-refractivity contribution is 0.0960. The number of sulfonamides is 1. The zero-order valence-electron chi connectivity index (χ0n) is 22.5. The Balaban J connectivity index is 1.49. The van der Waals surface area contributed by atoms with Gasteiger partial charge in [0.15, 0.2) is 5.82 Å². The molecule has 4 aromatic rings. The van der Waals surface area contributed by atoms with Gasteiger partial charge in [0.25, 0.3) is 5.91 Å². The number of hydrogen-bond donors (Lipinski definition) is 3. The molecule has 0 saturated carbocycles. The molecule has 0 spiro atoms. The number of amides is 1. The Morgan fingerprint density at radius 1 is 1.07 bits per heavy atom. The Morgan fingerprint density at radius 3 is 2.60 bits per heavy atom. The van der Waals surface area contributed by atoms with E-state index < -0.39 is 10.0 Å². The van der Waals surface area contributed by atoms with Crippen LogP contribution >= 0.6 is 0 Å². The number of fused-ring (bicyclic) bond motifs is 1. The molecule has 5 rings (SSSR count). The molecule has 1 atom stereocenters. The van der Waals surface area contributed by atoms with Crippen LogP contribution in [0, 0.1) is 6.92 Å². The molecule has 1 aromatic heterocycles. The van der Waals surface area contributed by atoms with Gasteiger partial charge in [-0.2, -0.15) is 0 Å². The summed E-state index contributed by atoms with van der Waals surface area (Å²) in [5.74, 6) is 0.666. The van der Waals surface area contributed by atoms with Crippen LogP contribution in [0.3, 0.4) is 0 Å². The first-order chi connectivity index (χ1) is 19.3. The van der Waals surface area contributed by atoms with Crippen molar-refractivity contribution in [3.05, 3.63) is 71.8 Å². The average Bonchev–Trinajstić information content (AvgIpc) is 3.50. The van der Waals surface area contributed by atoms with Gasteiger partial charge in [-0.15, -0.1) is 10.2 Å². The van der Waals surface area contributed by atoms with Crippen LogP contribution in [-0.4, -0.2) is 57.9 Å². The number of rotatable bonds is 9. The molecule has 1 amide bonds. The summed E-state index contributed by atoms with van der Waals surface area (Å²) < 4.78 is 40.0. The predicted molar refractivity (Wildman–Crippen MR) is 154 cm³/mol. The molecule has 1 aliphatic heterocycles. The summed E-state index contributed by atoms with van der Waals surface area (Å²) in [6, 6.07) is 18.0. The second-order valence-electron chi connectivity index (χ2n) is 9.53. The third-order valence-electron chi connectivity index (χ3n) is 6.90. The Hall–Kier alpha value is -4.06. The first kappa shape index (κ1) is 27.5. The minimum atomic E-state index is -3.76. The van der Waals surface area contributed by atoms with E-state index in [2.05, 4.69) is 25.6 Å². The Labute approximate surface area is 233 Å². The normalized spacial score (nSPS) is 15.2. The van der Waals surface area contributed by atoms with Crippen LogP contribution < -0.4 is 20.1 Å². The van der Waals surface area contributed by atoms with Gasteiger partial charge in [-0.05, 0) is 49.6 Å². The predicted octanol–water partition coefficient (Wildman–Crippen LogP) is 4.17. The summed E-state index contributed by atoms with van der Waals surface area (Å²) in [6.45, 7) is 2.66. The number of nitrogens with one attached hydrogen (secondary N) is 3. The van der Waals surface area contributed by atoms with Crippen molar-refractivity contribution in [1.82, 2.24) is 20.2 Å². The fourth-order valence-electron chi connectivity index (χ4n) is 4.77. The second-order valence-corrected chi connectivity index (χ2v) is 11.3. The van der Waals surface area contributed by atoms with Gasteiger partial charge in [-0.25, -0.2) is 13.1 Å². The van der Waals surface area contributed by atoms with Gasteiger partial charge in [-0.3, -0.25) is 4.79 Å². The summed E-state index contributed by atoms with van der Waals surface area (Å²) in [5.41, 5.74) is 2.82. The zero-order valence-corrected chi connectivity index (χ0v) is 23.3. The van der Waals surface area contributed by atoms with Crippen molar-refractivity contribution in [3.63, 3.8) is 0 Å². The molecule has 40 heavy (non-hydrogen) atoms. The van der Waals surface area contributed by atoms with Crippen molar-refractivity contribution in [2.45, 2.75) is 30.8 Å². The van der Waals surface area contributed by atoms with Crippen LogP contribution in [0.4, 0.5) is 11.5 Å². The third-order valence-corrected chi connectivity index (χ3v) is 8.46. The molecule has 1 saturated heterocycles. The summed E-state index contributed by atoms with van der Waals surface area (Å²) in [6.07, 6.45) is 1.67. The Bertz CT molecular complexity index is 1670. The van der Waals surface area contributed by atoms with Gasteiger partial charge in [-0.1, -0.05) is 36.4 Å². The van der Waals surface area contributed by atoms with Crippen LogP contribution in [0.2, 0.25) is 0 Å². The lowest BCUT2D eigenvalue weighted by atomic mass is 10.0. The third kappa shape index (κ3) is 5.62. The molecule has 3 aromatic carbocycles. The smallest absolute Gasteiger partial charge is 0.254 e. The number of anilines is 2. The van der Waals surface area contributed by atoms with E-state index in [1.807, 2.05) is 30.3 Å². The van der Waals surface area contributed by atoms with E-state index in [-0.39, 0.29) is 23.5 Å². The monoisotopic (exact) mass is 561 g/mol. The molecule has 2 heterocycles. The van der Waals surface area contributed by atoms with Gasteiger partial charge in [0.05, 0.1) is 23.7 Å². The van der Waals surface area contributed by atoms with Gasteiger partial charge >= 0.3 is 0 Å². The van der Waals surface area contributed by atoms with E-state index in [9.17, 15) is 13.2 Å². The van der Waals surface area contributed by atoms with E-state index >= 15 is 0 Å². The molecule has 0 bridgehead atoms. The minimum absolute atomic E-state index is 0.105. The fraction of sp³-hybridized carbons (Fsp3) is 0.276. The highest BCUT2D eigenvalue weighted by Crippen LogP contribution is 2.33. The average molecular weight is 562 g/mol. The number of carbonyl (C=O) groups is 1. The lowest BCUT2D eigenvalue weighted by Gasteiger charge is -2.15. The van der Waals surface area contributed by atoms with Crippen LogP contribution in [0.25, 0.3) is 22.0 Å². The number of ether oxygens (including phenoxy) is 2. The highest BCUT2D eigenvalue weighted by atomic mass is 32.2. The highest BCUT2D eigenvalue weighted by molar-refractivity contribution is 7.89. The van der Waals surface area contributed by atoms with Crippen LogP contribution in [0.15, 0.2) is 65.6 Å². The number of nitrogens with zero attached hydrogens (tertiary/aromatic N) is 2. The second kappa shape index (κ2) is 11.6. The molecule has 1 aliphatic rings. The fourth-order valence-corrected chi connectivity index (χ4v) is 6.10. The van der Waals surface area contributed by atoms with Crippen molar-refractivity contribution >= 4 is 38.2 Å². The van der Waals surface area contributed by atoms with Gasteiger partial charge in [0.2, 0.25) is 10.0 Å². The topological polar surface area (TPSA) is 132 Å². The van der Waals surface area contributed by atoms with E-state index in [4.69, 9.17) is 9.47 Å². The molecule has 0 radical (unpaired) electrons. The molecular weight excluding hydrogens is 530 g/mol. The highest BCUT2D eigenvalue weighted by Gasteiger charge is 2.23. The largest absolute Gasteiger partial charge is 0.496 e. The maximum atomic E-state index is 13.2. The Kier molecular flexibility index (Phi) is 7.97. The molecule has 3 N–H and O–H groups in total. The quantitative estimate of drug-likeness (QED) is 0.277. The molecule has 1 unspecified atom stereocenters. The van der Waals surface area contributed by atoms with Crippen molar-refractivity contribution in [3.8, 4) is 17.0 Å². The summed E-state index contributed by atoms with van der Waals surface area (Å²) >= 11 is 0. The molecule has 11 heteroatoms. The minimum Gasteiger partial charge on any atom is -0.496 e. The van der Waals surface area contributed by atoms with E-state index in [0.29, 0.717) is 46.2 Å². The standard InChI is InChI=1S/C29H31N5O5S/c1-18-10-11-19(15-26(18)40(36,37)31-17-21-7-6-14-39-21)27-22-8-4-5-9-23(22)28(34-33-27)32-20-12-13-25(38-3)24(16-20)29(35)30-2/h4-5,8-13,15-16,21,31H,6-7,14,17H2,1-3H3,(H,30,35)(H,32,34). The number of hydrogen-bond acceptors (Lipinski definition) is 8. The number of benzene rings is 3. The maximum absolute atomic E-state index is 13.2. The van der Waals surface area contributed by atoms with Gasteiger partial charge in [0.1, 0.15) is 11.4 Å². The molecule has 208 valence electrons. The number of methoxy groups -OCH3 is 1. The number of aromatic nitrogens is 2. The first-order valence-electron chi connectivity index (χ1n) is 13.0. The molecule has 0 aliphatic carbocycles. The Morgan fingerprint density at radius 2 is 1.88 bits per heavy atom. The van der Waals surface area contributed by atoms with E-state index in [0.717, 1.165) is 23.6 Å². The van der Waals surface area contributed by atoms with Gasteiger partial charge in [0, 0.05) is 42.2 Å². The molecule has 1 fully saturated rings. The van der Waals surface area contributed by atoms with Gasteiger partial charge < -0.3 is 20.1 Å². The van der Waals surface area contributed by atoms with E-state index in [1.54, 1.807) is 44.3 Å². The van der Waals surface area contributed by atoms with E-state index in [1.165, 1.54) is 7.11 Å². The summed E-state index contributed by atoms with van der Waals surface area (Å²) in [5, 5.41) is 16.4. The van der Waals surface area contributed by atoms with Crippen molar-refractivity contribution in [1.29, 1.82) is 0 Å². The molecular formula is C29H31N5O5S. The molecule has 10 nitrogen and oxygen atoms in total. The summed E-state index contributed by atoms with van der Waals surface area (Å²) in [7, 11) is -0.698. The maximum Gasteiger partial charge on any atom is 0.254 e. The van der Waals surface area contributed by atoms with Crippen molar-refractivity contribution in [2.24, 2.45) is 0 Å². The summed E-state index contributed by atoms with van der Waals surface area (Å²) in [4.78, 5) is 12.5. The van der Waals surface area contributed by atoms with Crippen LogP contribution in [0.5, 0.6) is 5.75 Å². The van der Waals surface area contributed by atoms with Crippen molar-refractivity contribution in [2.75, 3.05) is 32.6 Å².